The van der Waals surface area contributed by atoms with Crippen LogP contribution in [0.4, 0.5) is 13.2 Å². The molecule has 0 radical (unpaired) electrons. The minimum atomic E-state index is -4.36. The van der Waals surface area contributed by atoms with Crippen molar-refractivity contribution in [3.05, 3.63) is 87.3 Å². The molecular formula is C21H18F3N3O. The van der Waals surface area contributed by atoms with Gasteiger partial charge in [0.05, 0.1) is 16.8 Å². The van der Waals surface area contributed by atoms with Gasteiger partial charge in [0.25, 0.3) is 5.56 Å². The van der Waals surface area contributed by atoms with Gasteiger partial charge >= 0.3 is 6.18 Å². The molecule has 2 heterocycles. The van der Waals surface area contributed by atoms with E-state index in [-0.39, 0.29) is 5.56 Å². The molecule has 1 N–H and O–H groups in total. The maximum atomic E-state index is 12.9. The number of benzene rings is 2. The highest BCUT2D eigenvalue weighted by atomic mass is 19.4. The van der Waals surface area contributed by atoms with Crippen molar-refractivity contribution in [2.75, 3.05) is 6.54 Å². The maximum Gasteiger partial charge on any atom is 0.416 e. The third-order valence-corrected chi connectivity index (χ3v) is 4.86. The monoisotopic (exact) mass is 385 g/mol. The molecule has 0 fully saturated rings. The first-order valence-corrected chi connectivity index (χ1v) is 8.96. The number of hydrogen-bond donors (Lipinski definition) is 1. The molecule has 7 heteroatoms. The molecule has 1 aliphatic rings. The number of nitrogens with zero attached hydrogens (tertiary/aromatic N) is 2. The standard InChI is InChI=1S/C21H18F3N3O/c22-21(23,24)16-8-4-5-14(11-16)12-27-10-9-18-17(13-27)20(28)26-19(25-18)15-6-2-1-3-7-15/h1-8,11H,9-10,12-13H2,(H,25,26,28). The molecule has 0 saturated heterocycles. The number of rotatable bonds is 3. The highest BCUT2D eigenvalue weighted by Gasteiger charge is 2.30. The average molecular weight is 385 g/mol. The Morgan fingerprint density at radius 1 is 1.07 bits per heavy atom. The van der Waals surface area contributed by atoms with E-state index in [1.807, 2.05) is 35.2 Å². The molecule has 2 aromatic carbocycles. The fourth-order valence-electron chi connectivity index (χ4n) is 3.45. The fourth-order valence-corrected chi connectivity index (χ4v) is 3.45. The van der Waals surface area contributed by atoms with Crippen LogP contribution in [0.2, 0.25) is 0 Å². The summed E-state index contributed by atoms with van der Waals surface area (Å²) in [7, 11) is 0. The van der Waals surface area contributed by atoms with Crippen LogP contribution >= 0.6 is 0 Å². The van der Waals surface area contributed by atoms with E-state index in [0.29, 0.717) is 43.0 Å². The average Bonchev–Trinajstić information content (AvgIpc) is 2.68. The molecule has 3 aromatic rings. The Kier molecular flexibility index (Phi) is 4.77. The molecule has 0 amide bonds. The SMILES string of the molecule is O=c1[nH]c(-c2ccccc2)nc2c1CN(Cc1cccc(C(F)(F)F)c1)CC2. The summed E-state index contributed by atoms with van der Waals surface area (Å²) < 4.78 is 38.7. The predicted octanol–water partition coefficient (Wildman–Crippen LogP) is 4.01. The zero-order valence-corrected chi connectivity index (χ0v) is 15.0. The molecule has 0 atom stereocenters. The number of halogens is 3. The van der Waals surface area contributed by atoms with Gasteiger partial charge in [0.15, 0.2) is 0 Å². The summed E-state index contributed by atoms with van der Waals surface area (Å²) in [5, 5.41) is 0. The Bertz CT molecular complexity index is 1040. The zero-order chi connectivity index (χ0) is 19.7. The normalized spacial score (nSPS) is 14.7. The van der Waals surface area contributed by atoms with E-state index < -0.39 is 11.7 Å². The maximum absolute atomic E-state index is 12.9. The largest absolute Gasteiger partial charge is 0.416 e. The van der Waals surface area contributed by atoms with Crippen molar-refractivity contribution < 1.29 is 13.2 Å². The lowest BCUT2D eigenvalue weighted by Crippen LogP contribution is -2.35. The van der Waals surface area contributed by atoms with Crippen LogP contribution in [-0.4, -0.2) is 21.4 Å². The van der Waals surface area contributed by atoms with Gasteiger partial charge in [0.2, 0.25) is 0 Å². The van der Waals surface area contributed by atoms with Gasteiger partial charge in [0.1, 0.15) is 5.82 Å². The van der Waals surface area contributed by atoms with Crippen molar-refractivity contribution in [3.8, 4) is 11.4 Å². The van der Waals surface area contributed by atoms with E-state index in [0.717, 1.165) is 23.4 Å². The zero-order valence-electron chi connectivity index (χ0n) is 15.0. The second-order valence-electron chi connectivity index (χ2n) is 6.86. The number of hydrogen-bond acceptors (Lipinski definition) is 3. The molecule has 0 bridgehead atoms. The van der Waals surface area contributed by atoms with E-state index in [1.165, 1.54) is 6.07 Å². The van der Waals surface area contributed by atoms with E-state index in [4.69, 9.17) is 0 Å². The van der Waals surface area contributed by atoms with Crippen molar-refractivity contribution in [3.63, 3.8) is 0 Å². The third-order valence-electron chi connectivity index (χ3n) is 4.86. The minimum absolute atomic E-state index is 0.197. The van der Waals surface area contributed by atoms with Gasteiger partial charge in [-0.25, -0.2) is 4.98 Å². The second kappa shape index (κ2) is 7.24. The molecule has 28 heavy (non-hydrogen) atoms. The predicted molar refractivity (Wildman–Crippen MR) is 99.6 cm³/mol. The van der Waals surface area contributed by atoms with Gasteiger partial charge in [-0.2, -0.15) is 13.2 Å². The van der Waals surface area contributed by atoms with Gasteiger partial charge in [-0.1, -0.05) is 48.5 Å². The molecule has 1 aromatic heterocycles. The number of fused-ring (bicyclic) bond motifs is 1. The molecule has 0 aliphatic carbocycles. The summed E-state index contributed by atoms with van der Waals surface area (Å²) in [5.74, 6) is 0.538. The first-order chi connectivity index (χ1) is 13.4. The van der Waals surface area contributed by atoms with Gasteiger partial charge in [-0.05, 0) is 11.6 Å². The second-order valence-corrected chi connectivity index (χ2v) is 6.86. The molecule has 4 nitrogen and oxygen atoms in total. The highest BCUT2D eigenvalue weighted by Crippen LogP contribution is 2.30. The number of nitrogens with one attached hydrogen (secondary N) is 1. The summed E-state index contributed by atoms with van der Waals surface area (Å²) in [6.45, 7) is 1.35. The highest BCUT2D eigenvalue weighted by molar-refractivity contribution is 5.54. The van der Waals surface area contributed by atoms with Crippen LogP contribution in [0.1, 0.15) is 22.4 Å². The summed E-state index contributed by atoms with van der Waals surface area (Å²) in [6.07, 6.45) is -3.78. The van der Waals surface area contributed by atoms with Crippen LogP contribution < -0.4 is 5.56 Å². The number of aromatic nitrogens is 2. The summed E-state index contributed by atoms with van der Waals surface area (Å²) in [6, 6.07) is 14.7. The van der Waals surface area contributed by atoms with Crippen LogP contribution in [0.25, 0.3) is 11.4 Å². The topological polar surface area (TPSA) is 49.0 Å². The van der Waals surface area contributed by atoms with Crippen molar-refractivity contribution in [2.45, 2.75) is 25.7 Å². The van der Waals surface area contributed by atoms with Crippen LogP contribution in [-0.2, 0) is 25.7 Å². The van der Waals surface area contributed by atoms with Crippen LogP contribution in [0, 0.1) is 0 Å². The van der Waals surface area contributed by atoms with E-state index >= 15 is 0 Å². The molecule has 0 saturated carbocycles. The van der Waals surface area contributed by atoms with Gasteiger partial charge in [0, 0.05) is 31.6 Å². The Balaban J connectivity index is 1.55. The molecular weight excluding hydrogens is 367 g/mol. The summed E-state index contributed by atoms with van der Waals surface area (Å²) in [5.41, 5.74) is 1.89. The third kappa shape index (κ3) is 3.84. The van der Waals surface area contributed by atoms with Crippen molar-refractivity contribution in [2.24, 2.45) is 0 Å². The number of H-pyrrole nitrogens is 1. The number of alkyl halides is 3. The van der Waals surface area contributed by atoms with Crippen LogP contribution in [0.3, 0.4) is 0 Å². The Morgan fingerprint density at radius 2 is 1.86 bits per heavy atom. The van der Waals surface area contributed by atoms with Gasteiger partial charge in [-0.3, -0.25) is 9.69 Å². The lowest BCUT2D eigenvalue weighted by atomic mass is 10.0. The molecule has 0 unspecified atom stereocenters. The van der Waals surface area contributed by atoms with Crippen LogP contribution in [0.15, 0.2) is 59.4 Å². The smallest absolute Gasteiger partial charge is 0.306 e. The Labute approximate surface area is 159 Å². The molecule has 144 valence electrons. The van der Waals surface area contributed by atoms with E-state index in [1.54, 1.807) is 6.07 Å². The number of aromatic amines is 1. The fraction of sp³-hybridized carbons (Fsp3) is 0.238. The van der Waals surface area contributed by atoms with Crippen LogP contribution in [0.5, 0.6) is 0 Å². The van der Waals surface area contributed by atoms with Gasteiger partial charge in [-0.15, -0.1) is 0 Å². The molecule has 4 rings (SSSR count). The van der Waals surface area contributed by atoms with E-state index in [9.17, 15) is 18.0 Å². The molecule has 0 spiro atoms. The first-order valence-electron chi connectivity index (χ1n) is 8.96. The summed E-state index contributed by atoms with van der Waals surface area (Å²) >= 11 is 0. The lowest BCUT2D eigenvalue weighted by Gasteiger charge is -2.28. The van der Waals surface area contributed by atoms with Crippen molar-refractivity contribution in [1.82, 2.24) is 14.9 Å². The van der Waals surface area contributed by atoms with Crippen molar-refractivity contribution >= 4 is 0 Å². The Hall–Kier alpha value is -2.93. The van der Waals surface area contributed by atoms with Gasteiger partial charge < -0.3 is 4.98 Å². The molecule has 1 aliphatic heterocycles. The Morgan fingerprint density at radius 3 is 2.61 bits per heavy atom. The minimum Gasteiger partial charge on any atom is -0.306 e. The lowest BCUT2D eigenvalue weighted by molar-refractivity contribution is -0.137. The van der Waals surface area contributed by atoms with E-state index in [2.05, 4.69) is 9.97 Å². The quantitative estimate of drug-likeness (QED) is 0.741. The first kappa shape index (κ1) is 18.4. The summed E-state index contributed by atoms with van der Waals surface area (Å²) in [4.78, 5) is 22.0. The van der Waals surface area contributed by atoms with Crippen molar-refractivity contribution in [1.29, 1.82) is 0 Å².